The van der Waals surface area contributed by atoms with Gasteiger partial charge in [-0.15, -0.1) is 0 Å². The van der Waals surface area contributed by atoms with Crippen LogP contribution in [0.15, 0.2) is 0 Å². The molecule has 5 nitrogen and oxygen atoms in total. The lowest BCUT2D eigenvalue weighted by Crippen LogP contribution is -2.57. The molecule has 2 aliphatic rings. The lowest BCUT2D eigenvalue weighted by molar-refractivity contribution is -0.148. The highest BCUT2D eigenvalue weighted by Gasteiger charge is 2.33. The van der Waals surface area contributed by atoms with Gasteiger partial charge in [-0.2, -0.15) is 0 Å². The van der Waals surface area contributed by atoms with Crippen LogP contribution < -0.4 is 5.32 Å². The molecule has 2 fully saturated rings. The number of ether oxygens (including phenoxy) is 1. The van der Waals surface area contributed by atoms with Gasteiger partial charge < -0.3 is 15.0 Å². The maximum atomic E-state index is 12.2. The molecule has 2 saturated heterocycles. The van der Waals surface area contributed by atoms with Crippen molar-refractivity contribution < 1.29 is 14.3 Å². The minimum absolute atomic E-state index is 0.0536. The van der Waals surface area contributed by atoms with Crippen LogP contribution in [0.4, 0.5) is 0 Å². The lowest BCUT2D eigenvalue weighted by Gasteiger charge is -2.36. The molecule has 0 spiro atoms. The Bertz CT molecular complexity index is 287. The summed E-state index contributed by atoms with van der Waals surface area (Å²) in [7, 11) is 0. The van der Waals surface area contributed by atoms with Crippen LogP contribution in [0.25, 0.3) is 0 Å². The van der Waals surface area contributed by atoms with E-state index in [-0.39, 0.29) is 23.8 Å². The van der Waals surface area contributed by atoms with Crippen molar-refractivity contribution in [1.82, 2.24) is 10.2 Å². The number of piperazine rings is 1. The summed E-state index contributed by atoms with van der Waals surface area (Å²) in [6.45, 7) is 4.20. The molecule has 0 bridgehead atoms. The van der Waals surface area contributed by atoms with Gasteiger partial charge >= 0.3 is 0 Å². The van der Waals surface area contributed by atoms with Gasteiger partial charge in [-0.3, -0.25) is 9.59 Å². The Hall–Kier alpha value is -1.10. The Balaban J connectivity index is 1.99. The molecule has 90 valence electrons. The van der Waals surface area contributed by atoms with Crippen molar-refractivity contribution in [2.45, 2.75) is 25.8 Å². The molecular weight excluding hydrogens is 208 g/mol. The first-order chi connectivity index (χ1) is 7.70. The Morgan fingerprint density at radius 2 is 2.38 bits per heavy atom. The number of hydrogen-bond donors (Lipinski definition) is 1. The van der Waals surface area contributed by atoms with Gasteiger partial charge in [0, 0.05) is 19.7 Å². The molecular formula is C11H18N2O3. The van der Waals surface area contributed by atoms with Crippen LogP contribution in [0.2, 0.25) is 0 Å². The van der Waals surface area contributed by atoms with Crippen molar-refractivity contribution in [3.63, 3.8) is 0 Å². The van der Waals surface area contributed by atoms with Crippen molar-refractivity contribution >= 4 is 11.8 Å². The van der Waals surface area contributed by atoms with Crippen LogP contribution in [0.5, 0.6) is 0 Å². The second-order valence-corrected chi connectivity index (χ2v) is 4.41. The van der Waals surface area contributed by atoms with Gasteiger partial charge in [0.25, 0.3) is 0 Å². The summed E-state index contributed by atoms with van der Waals surface area (Å²) in [6.07, 6.45) is 1.81. The van der Waals surface area contributed by atoms with E-state index in [1.165, 1.54) is 0 Å². The Morgan fingerprint density at radius 1 is 1.56 bits per heavy atom. The third kappa shape index (κ3) is 2.19. The first-order valence-corrected chi connectivity index (χ1v) is 5.86. The second-order valence-electron chi connectivity index (χ2n) is 4.41. The maximum absolute atomic E-state index is 12.2. The minimum atomic E-state index is -0.344. The topological polar surface area (TPSA) is 58.6 Å². The van der Waals surface area contributed by atoms with E-state index in [1.54, 1.807) is 11.8 Å². The molecule has 2 unspecified atom stereocenters. The Morgan fingerprint density at radius 3 is 3.06 bits per heavy atom. The fourth-order valence-corrected chi connectivity index (χ4v) is 2.25. The Kier molecular flexibility index (Phi) is 3.43. The summed E-state index contributed by atoms with van der Waals surface area (Å²) < 4.78 is 5.31. The predicted molar refractivity (Wildman–Crippen MR) is 57.7 cm³/mol. The first kappa shape index (κ1) is 11.4. The molecule has 2 atom stereocenters. The van der Waals surface area contributed by atoms with Crippen LogP contribution in [-0.2, 0) is 14.3 Å². The monoisotopic (exact) mass is 226 g/mol. The van der Waals surface area contributed by atoms with Gasteiger partial charge in [0.15, 0.2) is 0 Å². The molecule has 0 aromatic heterocycles. The van der Waals surface area contributed by atoms with Gasteiger partial charge in [0.1, 0.15) is 6.04 Å². The molecule has 0 saturated carbocycles. The van der Waals surface area contributed by atoms with Crippen molar-refractivity contribution in [3.05, 3.63) is 0 Å². The zero-order chi connectivity index (χ0) is 11.5. The molecule has 0 radical (unpaired) electrons. The van der Waals surface area contributed by atoms with Crippen molar-refractivity contribution in [3.8, 4) is 0 Å². The smallest absolute Gasteiger partial charge is 0.242 e. The zero-order valence-electron chi connectivity index (χ0n) is 9.57. The molecule has 1 N–H and O–H groups in total. The summed E-state index contributed by atoms with van der Waals surface area (Å²) in [5.74, 6) is -0.0412. The number of nitrogens with one attached hydrogen (secondary N) is 1. The average Bonchev–Trinajstić information content (AvgIpc) is 2.33. The molecule has 0 aromatic rings. The highest BCUT2D eigenvalue weighted by atomic mass is 16.5. The van der Waals surface area contributed by atoms with Crippen LogP contribution in [-0.4, -0.2) is 49.1 Å². The first-order valence-electron chi connectivity index (χ1n) is 5.86. The van der Waals surface area contributed by atoms with E-state index in [0.717, 1.165) is 19.4 Å². The lowest BCUT2D eigenvalue weighted by atomic mass is 9.99. The summed E-state index contributed by atoms with van der Waals surface area (Å²) in [5.41, 5.74) is 0. The van der Waals surface area contributed by atoms with E-state index < -0.39 is 0 Å². The van der Waals surface area contributed by atoms with E-state index in [1.807, 2.05) is 0 Å². The summed E-state index contributed by atoms with van der Waals surface area (Å²) >= 11 is 0. The quantitative estimate of drug-likeness (QED) is 0.671. The van der Waals surface area contributed by atoms with Crippen LogP contribution in [0.3, 0.4) is 0 Å². The number of nitrogens with zero attached hydrogens (tertiary/aromatic N) is 1. The third-order valence-electron chi connectivity index (χ3n) is 3.29. The van der Waals surface area contributed by atoms with Crippen LogP contribution >= 0.6 is 0 Å². The van der Waals surface area contributed by atoms with Crippen molar-refractivity contribution in [1.29, 1.82) is 0 Å². The van der Waals surface area contributed by atoms with Gasteiger partial charge in [-0.25, -0.2) is 0 Å². The third-order valence-corrected chi connectivity index (χ3v) is 3.29. The maximum Gasteiger partial charge on any atom is 0.242 e. The fraction of sp³-hybridized carbons (Fsp3) is 0.818. The van der Waals surface area contributed by atoms with Crippen LogP contribution in [0.1, 0.15) is 19.8 Å². The number of carbonyl (C=O) groups excluding carboxylic acids is 2. The van der Waals surface area contributed by atoms with E-state index in [0.29, 0.717) is 19.7 Å². The summed E-state index contributed by atoms with van der Waals surface area (Å²) in [5, 5.41) is 2.76. The highest BCUT2D eigenvalue weighted by Crippen LogP contribution is 2.18. The molecule has 16 heavy (non-hydrogen) atoms. The number of carbonyl (C=O) groups is 2. The van der Waals surface area contributed by atoms with Crippen molar-refractivity contribution in [2.75, 3.05) is 26.3 Å². The molecule has 0 aliphatic carbocycles. The second kappa shape index (κ2) is 4.82. The zero-order valence-corrected chi connectivity index (χ0v) is 9.57. The number of amides is 2. The highest BCUT2D eigenvalue weighted by molar-refractivity contribution is 5.89. The van der Waals surface area contributed by atoms with Gasteiger partial charge in [0.2, 0.25) is 11.8 Å². The van der Waals surface area contributed by atoms with E-state index in [4.69, 9.17) is 4.74 Å². The predicted octanol–water partition coefficient (Wildman–Crippen LogP) is -0.240. The van der Waals surface area contributed by atoms with Crippen LogP contribution in [0, 0.1) is 5.92 Å². The summed E-state index contributed by atoms with van der Waals surface area (Å²) in [6, 6.07) is -0.344. The van der Waals surface area contributed by atoms with E-state index >= 15 is 0 Å². The SMILES string of the molecule is CC1C(=O)NCCN1C(=O)C1CCCOC1. The largest absolute Gasteiger partial charge is 0.381 e. The molecule has 2 heterocycles. The molecule has 2 amide bonds. The molecule has 5 heteroatoms. The number of hydrogen-bond acceptors (Lipinski definition) is 3. The average molecular weight is 226 g/mol. The Labute approximate surface area is 95.1 Å². The normalized spacial score (nSPS) is 31.1. The minimum Gasteiger partial charge on any atom is -0.381 e. The molecule has 0 aromatic carbocycles. The van der Waals surface area contributed by atoms with E-state index in [9.17, 15) is 9.59 Å². The van der Waals surface area contributed by atoms with Crippen molar-refractivity contribution in [2.24, 2.45) is 5.92 Å². The fourth-order valence-electron chi connectivity index (χ4n) is 2.25. The van der Waals surface area contributed by atoms with E-state index in [2.05, 4.69) is 5.32 Å². The van der Waals surface area contributed by atoms with Gasteiger partial charge in [-0.1, -0.05) is 0 Å². The standard InChI is InChI=1S/C11H18N2O3/c1-8-10(14)12-4-5-13(8)11(15)9-3-2-6-16-7-9/h8-9H,2-7H2,1H3,(H,12,14). The molecule has 2 rings (SSSR count). The number of rotatable bonds is 1. The summed E-state index contributed by atoms with van der Waals surface area (Å²) in [4.78, 5) is 25.3. The van der Waals surface area contributed by atoms with Gasteiger partial charge in [0.05, 0.1) is 12.5 Å². The molecule has 2 aliphatic heterocycles. The van der Waals surface area contributed by atoms with Gasteiger partial charge in [-0.05, 0) is 19.8 Å².